The van der Waals surface area contributed by atoms with E-state index in [4.69, 9.17) is 0 Å². The van der Waals surface area contributed by atoms with Crippen LogP contribution < -0.4 is 10.9 Å². The summed E-state index contributed by atoms with van der Waals surface area (Å²) in [5.41, 5.74) is 0.877. The van der Waals surface area contributed by atoms with Gasteiger partial charge in [-0.15, -0.1) is 0 Å². The van der Waals surface area contributed by atoms with E-state index in [9.17, 15) is 4.79 Å². The third-order valence-electron chi connectivity index (χ3n) is 3.92. The van der Waals surface area contributed by atoms with E-state index >= 15 is 0 Å². The molecule has 4 nitrogen and oxygen atoms in total. The van der Waals surface area contributed by atoms with Crippen LogP contribution in [0.4, 0.5) is 0 Å². The molecule has 1 fully saturated rings. The molecule has 1 aliphatic carbocycles. The average Bonchev–Trinajstić information content (AvgIpc) is 2.38. The largest absolute Gasteiger partial charge is 0.314 e. The maximum atomic E-state index is 11.9. The lowest BCUT2D eigenvalue weighted by molar-refractivity contribution is 0.368. The lowest BCUT2D eigenvalue weighted by Crippen LogP contribution is -2.33. The van der Waals surface area contributed by atoms with E-state index in [1.54, 1.807) is 10.6 Å². The molecule has 1 heterocycles. The predicted octanol–water partition coefficient (Wildman–Crippen LogP) is 2.17. The van der Waals surface area contributed by atoms with Crippen molar-refractivity contribution < 1.29 is 0 Å². The quantitative estimate of drug-likeness (QED) is 0.828. The molecule has 1 N–H and O–H groups in total. The van der Waals surface area contributed by atoms with Gasteiger partial charge in [-0.3, -0.25) is 9.36 Å². The zero-order chi connectivity index (χ0) is 13.7. The predicted molar refractivity (Wildman–Crippen MR) is 77.5 cm³/mol. The maximum Gasteiger partial charge on any atom is 0.253 e. The second-order valence-electron chi connectivity index (χ2n) is 5.58. The molecule has 1 saturated carbocycles. The highest BCUT2D eigenvalue weighted by Crippen LogP contribution is 2.17. The molecular weight excluding hydrogens is 238 g/mol. The van der Waals surface area contributed by atoms with Crippen molar-refractivity contribution >= 4 is 0 Å². The zero-order valence-electron chi connectivity index (χ0n) is 12.1. The van der Waals surface area contributed by atoms with Crippen LogP contribution in [0, 0.1) is 13.8 Å². The van der Waals surface area contributed by atoms with Crippen molar-refractivity contribution in [2.75, 3.05) is 6.54 Å². The minimum absolute atomic E-state index is 0.0719. The Balaban J connectivity index is 1.78. The van der Waals surface area contributed by atoms with Crippen molar-refractivity contribution in [2.24, 2.45) is 0 Å². The van der Waals surface area contributed by atoms with Gasteiger partial charge < -0.3 is 5.32 Å². The molecule has 0 aliphatic heterocycles. The first kappa shape index (κ1) is 14.3. The molecule has 0 unspecified atom stereocenters. The van der Waals surface area contributed by atoms with Gasteiger partial charge in [0.25, 0.3) is 5.56 Å². The molecule has 0 aromatic carbocycles. The minimum Gasteiger partial charge on any atom is -0.314 e. The first-order valence-electron chi connectivity index (χ1n) is 7.45. The summed E-state index contributed by atoms with van der Waals surface area (Å²) < 4.78 is 1.77. The molecule has 19 heavy (non-hydrogen) atoms. The van der Waals surface area contributed by atoms with Gasteiger partial charge in [0.15, 0.2) is 0 Å². The van der Waals surface area contributed by atoms with E-state index in [0.29, 0.717) is 6.04 Å². The Kier molecular flexibility index (Phi) is 5.14. The van der Waals surface area contributed by atoms with Gasteiger partial charge in [-0.25, -0.2) is 4.98 Å². The van der Waals surface area contributed by atoms with Crippen LogP contribution in [0.2, 0.25) is 0 Å². The van der Waals surface area contributed by atoms with E-state index in [-0.39, 0.29) is 5.56 Å². The lowest BCUT2D eigenvalue weighted by atomic mass is 9.95. The molecule has 0 spiro atoms. The van der Waals surface area contributed by atoms with E-state index in [1.807, 2.05) is 13.8 Å². The Morgan fingerprint density at radius 2 is 2.05 bits per heavy atom. The second-order valence-corrected chi connectivity index (χ2v) is 5.58. The molecule has 4 heteroatoms. The standard InChI is InChI=1S/C15H25N3O/c1-12-11-15(19)18(13(2)17-12)10-6-9-16-14-7-4-3-5-8-14/h11,14,16H,3-10H2,1-2H3. The molecule has 0 atom stereocenters. The van der Waals surface area contributed by atoms with Gasteiger partial charge in [-0.05, 0) is 39.7 Å². The first-order valence-corrected chi connectivity index (χ1v) is 7.45. The highest BCUT2D eigenvalue weighted by molar-refractivity contribution is 5.01. The van der Waals surface area contributed by atoms with Crippen LogP contribution in [-0.2, 0) is 6.54 Å². The molecule has 1 aromatic heterocycles. The highest BCUT2D eigenvalue weighted by Gasteiger charge is 2.11. The van der Waals surface area contributed by atoms with Crippen molar-refractivity contribution in [1.29, 1.82) is 0 Å². The number of nitrogens with one attached hydrogen (secondary N) is 1. The topological polar surface area (TPSA) is 46.9 Å². The number of hydrogen-bond donors (Lipinski definition) is 1. The van der Waals surface area contributed by atoms with Crippen LogP contribution in [-0.4, -0.2) is 22.1 Å². The van der Waals surface area contributed by atoms with Gasteiger partial charge in [0.2, 0.25) is 0 Å². The number of rotatable bonds is 5. The third kappa shape index (κ3) is 4.16. The summed E-state index contributed by atoms with van der Waals surface area (Å²) in [5.74, 6) is 0.822. The van der Waals surface area contributed by atoms with Crippen LogP contribution in [0.25, 0.3) is 0 Å². The molecule has 0 amide bonds. The molecule has 1 aromatic rings. The van der Waals surface area contributed by atoms with Crippen LogP contribution in [0.1, 0.15) is 50.0 Å². The molecule has 0 bridgehead atoms. The van der Waals surface area contributed by atoms with Crippen LogP contribution in [0.3, 0.4) is 0 Å². The van der Waals surface area contributed by atoms with Crippen LogP contribution >= 0.6 is 0 Å². The Morgan fingerprint density at radius 3 is 2.74 bits per heavy atom. The smallest absolute Gasteiger partial charge is 0.253 e. The fourth-order valence-electron chi connectivity index (χ4n) is 2.89. The number of aromatic nitrogens is 2. The SMILES string of the molecule is Cc1cc(=O)n(CCCNC2CCCCC2)c(C)n1. The Labute approximate surface area is 115 Å². The van der Waals surface area contributed by atoms with Gasteiger partial charge in [-0.2, -0.15) is 0 Å². The minimum atomic E-state index is 0.0719. The first-order chi connectivity index (χ1) is 9.16. The van der Waals surface area contributed by atoms with Crippen molar-refractivity contribution in [1.82, 2.24) is 14.9 Å². The number of aryl methyl sites for hydroxylation is 2. The fraction of sp³-hybridized carbons (Fsp3) is 0.733. The Morgan fingerprint density at radius 1 is 1.32 bits per heavy atom. The van der Waals surface area contributed by atoms with E-state index in [2.05, 4.69) is 10.3 Å². The summed E-state index contributed by atoms with van der Waals surface area (Å²) in [7, 11) is 0. The molecular formula is C15H25N3O. The van der Waals surface area contributed by atoms with Crippen molar-refractivity contribution in [2.45, 2.75) is 65.0 Å². The van der Waals surface area contributed by atoms with Crippen molar-refractivity contribution in [3.63, 3.8) is 0 Å². The molecule has 1 aliphatic rings. The fourth-order valence-corrected chi connectivity index (χ4v) is 2.89. The summed E-state index contributed by atoms with van der Waals surface area (Å²) in [6.07, 6.45) is 7.72. The second kappa shape index (κ2) is 6.85. The van der Waals surface area contributed by atoms with Gasteiger partial charge in [0.05, 0.1) is 0 Å². The zero-order valence-corrected chi connectivity index (χ0v) is 12.1. The van der Waals surface area contributed by atoms with Crippen LogP contribution in [0.5, 0.6) is 0 Å². The van der Waals surface area contributed by atoms with E-state index in [1.165, 1.54) is 32.1 Å². The van der Waals surface area contributed by atoms with Crippen molar-refractivity contribution in [3.8, 4) is 0 Å². The summed E-state index contributed by atoms with van der Waals surface area (Å²) in [6.45, 7) is 5.52. The van der Waals surface area contributed by atoms with E-state index in [0.717, 1.165) is 31.0 Å². The lowest BCUT2D eigenvalue weighted by Gasteiger charge is -2.22. The normalized spacial score (nSPS) is 16.7. The van der Waals surface area contributed by atoms with Gasteiger partial charge in [0, 0.05) is 24.3 Å². The summed E-state index contributed by atoms with van der Waals surface area (Å²) in [4.78, 5) is 16.2. The average molecular weight is 263 g/mol. The van der Waals surface area contributed by atoms with Gasteiger partial charge in [-0.1, -0.05) is 19.3 Å². The number of hydrogen-bond acceptors (Lipinski definition) is 3. The summed E-state index contributed by atoms with van der Waals surface area (Å²) in [5, 5.41) is 3.61. The van der Waals surface area contributed by atoms with Gasteiger partial charge in [0.1, 0.15) is 5.82 Å². The summed E-state index contributed by atoms with van der Waals surface area (Å²) in [6, 6.07) is 2.31. The maximum absolute atomic E-state index is 11.9. The Hall–Kier alpha value is -1.16. The third-order valence-corrected chi connectivity index (χ3v) is 3.92. The molecule has 2 rings (SSSR count). The van der Waals surface area contributed by atoms with Crippen LogP contribution in [0.15, 0.2) is 10.9 Å². The Bertz CT molecular complexity index is 461. The van der Waals surface area contributed by atoms with Gasteiger partial charge >= 0.3 is 0 Å². The van der Waals surface area contributed by atoms with Crippen molar-refractivity contribution in [3.05, 3.63) is 27.9 Å². The summed E-state index contributed by atoms with van der Waals surface area (Å²) >= 11 is 0. The highest BCUT2D eigenvalue weighted by atomic mass is 16.1. The van der Waals surface area contributed by atoms with E-state index < -0.39 is 0 Å². The monoisotopic (exact) mass is 263 g/mol. The molecule has 0 radical (unpaired) electrons. The molecule has 106 valence electrons. The molecule has 0 saturated heterocycles. The number of nitrogens with zero attached hydrogens (tertiary/aromatic N) is 2.